The fourth-order valence-electron chi connectivity index (χ4n) is 2.04. The Bertz CT molecular complexity index is 681. The van der Waals surface area contributed by atoms with E-state index >= 15 is 0 Å². The molecule has 1 aromatic carbocycles. The quantitative estimate of drug-likeness (QED) is 0.675. The van der Waals surface area contributed by atoms with Gasteiger partial charge in [0.05, 0.1) is 0 Å². The molecule has 0 unspecified atom stereocenters. The van der Waals surface area contributed by atoms with E-state index in [0.717, 1.165) is 15.2 Å². The van der Waals surface area contributed by atoms with E-state index in [4.69, 9.17) is 0 Å². The third kappa shape index (κ3) is 2.78. The number of aromatic nitrogens is 3. The molecule has 0 atom stereocenters. The maximum atomic E-state index is 4.30. The molecule has 20 heavy (non-hydrogen) atoms. The molecule has 0 saturated heterocycles. The first kappa shape index (κ1) is 13.4. The molecule has 2 heterocycles. The van der Waals surface area contributed by atoms with Crippen molar-refractivity contribution >= 4 is 23.1 Å². The number of aryl methyl sites for hydroxylation is 2. The SMILES string of the molecule is Cc1ccc(C)n1-c1nnc(SCc2ccccc2)s1. The number of nitrogens with zero attached hydrogens (tertiary/aromatic N) is 3. The van der Waals surface area contributed by atoms with Gasteiger partial charge in [-0.15, -0.1) is 10.2 Å². The minimum absolute atomic E-state index is 0.930. The molecule has 5 heteroatoms. The van der Waals surface area contributed by atoms with Crippen LogP contribution in [0, 0.1) is 13.8 Å². The lowest BCUT2D eigenvalue weighted by Crippen LogP contribution is -1.97. The lowest BCUT2D eigenvalue weighted by atomic mass is 10.2. The van der Waals surface area contributed by atoms with Crippen LogP contribution in [0.5, 0.6) is 0 Å². The van der Waals surface area contributed by atoms with E-state index < -0.39 is 0 Å². The van der Waals surface area contributed by atoms with E-state index in [1.807, 2.05) is 6.07 Å². The van der Waals surface area contributed by atoms with Crippen molar-refractivity contribution in [2.45, 2.75) is 23.9 Å². The lowest BCUT2D eigenvalue weighted by Gasteiger charge is -2.02. The van der Waals surface area contributed by atoms with Crippen molar-refractivity contribution in [2.24, 2.45) is 0 Å². The summed E-state index contributed by atoms with van der Waals surface area (Å²) in [5.74, 6) is 0.930. The van der Waals surface area contributed by atoms with Gasteiger partial charge in [0.1, 0.15) is 0 Å². The van der Waals surface area contributed by atoms with Crippen LogP contribution in [0.25, 0.3) is 5.13 Å². The Kier molecular flexibility index (Phi) is 3.89. The second-order valence-corrected chi connectivity index (χ2v) is 6.75. The van der Waals surface area contributed by atoms with Gasteiger partial charge < -0.3 is 0 Å². The highest BCUT2D eigenvalue weighted by atomic mass is 32.2. The summed E-state index contributed by atoms with van der Waals surface area (Å²) in [4.78, 5) is 0. The van der Waals surface area contributed by atoms with Crippen LogP contribution in [0.15, 0.2) is 46.8 Å². The molecule has 0 saturated carbocycles. The Morgan fingerprint density at radius 2 is 1.70 bits per heavy atom. The Hall–Kier alpha value is -1.59. The molecule has 0 spiro atoms. The monoisotopic (exact) mass is 301 g/mol. The second kappa shape index (κ2) is 5.81. The molecule has 0 aliphatic carbocycles. The van der Waals surface area contributed by atoms with Gasteiger partial charge >= 0.3 is 0 Å². The van der Waals surface area contributed by atoms with Gasteiger partial charge in [0.2, 0.25) is 5.13 Å². The van der Waals surface area contributed by atoms with Crippen LogP contribution in [0.3, 0.4) is 0 Å². The van der Waals surface area contributed by atoms with E-state index in [9.17, 15) is 0 Å². The fraction of sp³-hybridized carbons (Fsp3) is 0.200. The molecule has 0 amide bonds. The third-order valence-corrected chi connectivity index (χ3v) is 5.18. The topological polar surface area (TPSA) is 30.7 Å². The molecule has 2 aromatic heterocycles. The minimum Gasteiger partial charge on any atom is -0.293 e. The van der Waals surface area contributed by atoms with Crippen molar-refractivity contribution in [2.75, 3.05) is 0 Å². The van der Waals surface area contributed by atoms with E-state index in [2.05, 4.69) is 65.0 Å². The van der Waals surface area contributed by atoms with Crippen LogP contribution in [0.1, 0.15) is 17.0 Å². The normalized spacial score (nSPS) is 10.9. The lowest BCUT2D eigenvalue weighted by molar-refractivity contribution is 0.896. The van der Waals surface area contributed by atoms with Gasteiger partial charge in [-0.2, -0.15) is 0 Å². The summed E-state index contributed by atoms with van der Waals surface area (Å²) in [6.45, 7) is 4.18. The van der Waals surface area contributed by atoms with Crippen molar-refractivity contribution in [3.63, 3.8) is 0 Å². The predicted octanol–water partition coefficient (Wildman–Crippen LogP) is 4.24. The molecule has 0 radical (unpaired) electrons. The minimum atomic E-state index is 0.930. The van der Waals surface area contributed by atoms with E-state index in [0.29, 0.717) is 0 Å². The first-order valence-corrected chi connectivity index (χ1v) is 8.20. The summed E-state index contributed by atoms with van der Waals surface area (Å²) >= 11 is 3.38. The highest BCUT2D eigenvalue weighted by Crippen LogP contribution is 2.28. The van der Waals surface area contributed by atoms with Crippen molar-refractivity contribution in [1.82, 2.24) is 14.8 Å². The molecule has 0 aliphatic heterocycles. The molecule has 0 bridgehead atoms. The Morgan fingerprint density at radius 3 is 2.40 bits per heavy atom. The van der Waals surface area contributed by atoms with Crippen LogP contribution in [-0.4, -0.2) is 14.8 Å². The number of rotatable bonds is 4. The molecule has 3 rings (SSSR count). The molecule has 0 aliphatic rings. The van der Waals surface area contributed by atoms with Gasteiger partial charge in [0.25, 0.3) is 0 Å². The Morgan fingerprint density at radius 1 is 1.00 bits per heavy atom. The molecule has 3 aromatic rings. The number of hydrogen-bond donors (Lipinski definition) is 0. The second-order valence-electron chi connectivity index (χ2n) is 4.58. The fourth-order valence-corrected chi connectivity index (χ4v) is 3.96. The van der Waals surface area contributed by atoms with Gasteiger partial charge in [-0.1, -0.05) is 53.4 Å². The van der Waals surface area contributed by atoms with Gasteiger partial charge in [0.15, 0.2) is 4.34 Å². The zero-order valence-electron chi connectivity index (χ0n) is 11.4. The maximum Gasteiger partial charge on any atom is 0.217 e. The largest absolute Gasteiger partial charge is 0.293 e. The van der Waals surface area contributed by atoms with Crippen LogP contribution in [0.4, 0.5) is 0 Å². The third-order valence-electron chi connectivity index (χ3n) is 3.06. The summed E-state index contributed by atoms with van der Waals surface area (Å²) in [6, 6.07) is 14.6. The van der Waals surface area contributed by atoms with Gasteiger partial charge in [-0.3, -0.25) is 4.57 Å². The number of hydrogen-bond acceptors (Lipinski definition) is 4. The zero-order chi connectivity index (χ0) is 13.9. The molecular formula is C15H15N3S2. The van der Waals surface area contributed by atoms with Crippen LogP contribution in [-0.2, 0) is 5.75 Å². The average Bonchev–Trinajstić information content (AvgIpc) is 3.05. The molecule has 3 nitrogen and oxygen atoms in total. The van der Waals surface area contributed by atoms with Gasteiger partial charge in [0, 0.05) is 17.1 Å². The molecule has 0 N–H and O–H groups in total. The summed E-state index contributed by atoms with van der Waals surface area (Å²) < 4.78 is 3.15. The standard InChI is InChI=1S/C15H15N3S2/c1-11-8-9-12(2)18(11)14-16-17-15(20-14)19-10-13-6-4-3-5-7-13/h3-9H,10H2,1-2H3. The molecule has 102 valence electrons. The van der Waals surface area contributed by atoms with E-state index in [-0.39, 0.29) is 0 Å². The van der Waals surface area contributed by atoms with E-state index in [1.165, 1.54) is 17.0 Å². The van der Waals surface area contributed by atoms with Crippen LogP contribution in [0.2, 0.25) is 0 Å². The molecular weight excluding hydrogens is 286 g/mol. The van der Waals surface area contributed by atoms with Gasteiger partial charge in [-0.25, -0.2) is 0 Å². The maximum absolute atomic E-state index is 4.30. The van der Waals surface area contributed by atoms with Crippen molar-refractivity contribution in [1.29, 1.82) is 0 Å². The average molecular weight is 301 g/mol. The van der Waals surface area contributed by atoms with Crippen LogP contribution >= 0.6 is 23.1 Å². The first-order valence-electron chi connectivity index (χ1n) is 6.39. The van der Waals surface area contributed by atoms with Crippen molar-refractivity contribution in [3.8, 4) is 5.13 Å². The Labute approximate surface area is 126 Å². The number of thioether (sulfide) groups is 1. The molecule has 0 fully saturated rings. The summed E-state index contributed by atoms with van der Waals surface area (Å²) in [6.07, 6.45) is 0. The predicted molar refractivity (Wildman–Crippen MR) is 84.7 cm³/mol. The Balaban J connectivity index is 1.74. The highest BCUT2D eigenvalue weighted by molar-refractivity contribution is 8.00. The zero-order valence-corrected chi connectivity index (χ0v) is 13.0. The summed E-state index contributed by atoms with van der Waals surface area (Å²) in [5.41, 5.74) is 3.69. The van der Waals surface area contributed by atoms with Crippen LogP contribution < -0.4 is 0 Å². The highest BCUT2D eigenvalue weighted by Gasteiger charge is 2.10. The van der Waals surface area contributed by atoms with Crippen molar-refractivity contribution in [3.05, 3.63) is 59.4 Å². The summed E-state index contributed by atoms with van der Waals surface area (Å²) in [7, 11) is 0. The van der Waals surface area contributed by atoms with E-state index in [1.54, 1.807) is 23.1 Å². The van der Waals surface area contributed by atoms with Crippen molar-refractivity contribution < 1.29 is 0 Å². The van der Waals surface area contributed by atoms with Gasteiger partial charge in [-0.05, 0) is 31.5 Å². The summed E-state index contributed by atoms with van der Waals surface area (Å²) in [5, 5.41) is 9.53. The number of benzene rings is 1. The smallest absolute Gasteiger partial charge is 0.217 e. The first-order chi connectivity index (χ1) is 9.74.